The SMILES string of the molecule is C#CC(C)N1CCCC(CN)C1. The number of nitrogens with two attached hydrogens (primary N) is 1. The average Bonchev–Trinajstić information content (AvgIpc) is 2.17. The Morgan fingerprint density at radius 1 is 1.75 bits per heavy atom. The van der Waals surface area contributed by atoms with Crippen LogP contribution in [0.25, 0.3) is 0 Å². The van der Waals surface area contributed by atoms with Crippen LogP contribution < -0.4 is 5.73 Å². The first kappa shape index (κ1) is 9.57. The molecule has 0 saturated carbocycles. The molecule has 0 aromatic carbocycles. The predicted molar refractivity (Wildman–Crippen MR) is 51.6 cm³/mol. The highest BCUT2D eigenvalue weighted by Crippen LogP contribution is 2.16. The smallest absolute Gasteiger partial charge is 0.0683 e. The standard InChI is InChI=1S/C10H18N2/c1-3-9(2)12-6-4-5-10(7-11)8-12/h1,9-10H,4-8,11H2,2H3. The van der Waals surface area contributed by atoms with Gasteiger partial charge in [-0.25, -0.2) is 0 Å². The lowest BCUT2D eigenvalue weighted by atomic mass is 9.97. The molecule has 1 fully saturated rings. The van der Waals surface area contributed by atoms with E-state index in [0.29, 0.717) is 5.92 Å². The van der Waals surface area contributed by atoms with Crippen LogP contribution in [0.1, 0.15) is 19.8 Å². The Bertz CT molecular complexity index is 171. The van der Waals surface area contributed by atoms with Gasteiger partial charge in [0.15, 0.2) is 0 Å². The van der Waals surface area contributed by atoms with E-state index in [4.69, 9.17) is 12.2 Å². The highest BCUT2D eigenvalue weighted by atomic mass is 15.2. The quantitative estimate of drug-likeness (QED) is 0.611. The molecule has 0 spiro atoms. The molecule has 1 heterocycles. The van der Waals surface area contributed by atoms with Gasteiger partial charge in [0.05, 0.1) is 6.04 Å². The van der Waals surface area contributed by atoms with Crippen LogP contribution in [0.4, 0.5) is 0 Å². The minimum atomic E-state index is 0.277. The molecular formula is C10H18N2. The topological polar surface area (TPSA) is 29.3 Å². The third-order valence-electron chi connectivity index (χ3n) is 2.67. The van der Waals surface area contributed by atoms with E-state index in [2.05, 4.69) is 17.7 Å². The van der Waals surface area contributed by atoms with Crippen LogP contribution in [0.3, 0.4) is 0 Å². The lowest BCUT2D eigenvalue weighted by Gasteiger charge is -2.34. The second kappa shape index (κ2) is 4.49. The molecule has 2 N–H and O–H groups in total. The molecule has 0 aromatic rings. The zero-order chi connectivity index (χ0) is 8.97. The molecule has 0 bridgehead atoms. The van der Waals surface area contributed by atoms with E-state index >= 15 is 0 Å². The van der Waals surface area contributed by atoms with Gasteiger partial charge in [-0.3, -0.25) is 4.90 Å². The van der Waals surface area contributed by atoms with Crippen LogP contribution in [-0.2, 0) is 0 Å². The summed E-state index contributed by atoms with van der Waals surface area (Å²) in [6, 6.07) is 0.277. The van der Waals surface area contributed by atoms with E-state index < -0.39 is 0 Å². The van der Waals surface area contributed by atoms with E-state index in [0.717, 1.165) is 19.6 Å². The van der Waals surface area contributed by atoms with E-state index in [1.54, 1.807) is 0 Å². The third-order valence-corrected chi connectivity index (χ3v) is 2.67. The summed E-state index contributed by atoms with van der Waals surface area (Å²) >= 11 is 0. The Morgan fingerprint density at radius 2 is 2.50 bits per heavy atom. The van der Waals surface area contributed by atoms with Crippen molar-refractivity contribution in [2.75, 3.05) is 19.6 Å². The summed E-state index contributed by atoms with van der Waals surface area (Å²) in [7, 11) is 0. The fourth-order valence-electron chi connectivity index (χ4n) is 1.75. The molecule has 68 valence electrons. The maximum atomic E-state index is 5.63. The number of nitrogens with zero attached hydrogens (tertiary/aromatic N) is 1. The molecule has 0 aliphatic carbocycles. The molecular weight excluding hydrogens is 148 g/mol. The van der Waals surface area contributed by atoms with Gasteiger partial charge in [-0.05, 0) is 38.8 Å². The number of piperidine rings is 1. The molecule has 1 aliphatic heterocycles. The Morgan fingerprint density at radius 3 is 3.08 bits per heavy atom. The fraction of sp³-hybridized carbons (Fsp3) is 0.800. The van der Waals surface area contributed by atoms with Gasteiger partial charge >= 0.3 is 0 Å². The second-order valence-electron chi connectivity index (χ2n) is 3.58. The van der Waals surface area contributed by atoms with Gasteiger partial charge < -0.3 is 5.73 Å². The Kier molecular flexibility index (Phi) is 3.58. The van der Waals surface area contributed by atoms with Gasteiger partial charge in [0.2, 0.25) is 0 Å². The van der Waals surface area contributed by atoms with Crippen molar-refractivity contribution in [3.8, 4) is 12.3 Å². The largest absolute Gasteiger partial charge is 0.330 e. The molecule has 1 saturated heterocycles. The molecule has 2 nitrogen and oxygen atoms in total. The van der Waals surface area contributed by atoms with Gasteiger partial charge in [-0.1, -0.05) is 5.92 Å². The Labute approximate surface area is 75.1 Å². The van der Waals surface area contributed by atoms with Crippen LogP contribution in [-0.4, -0.2) is 30.6 Å². The number of hydrogen-bond donors (Lipinski definition) is 1. The van der Waals surface area contributed by atoms with Crippen LogP contribution >= 0.6 is 0 Å². The molecule has 0 amide bonds. The van der Waals surface area contributed by atoms with Crippen molar-refractivity contribution in [2.24, 2.45) is 11.7 Å². The molecule has 1 rings (SSSR count). The molecule has 2 unspecified atom stereocenters. The predicted octanol–water partition coefficient (Wildman–Crippen LogP) is 0.679. The molecule has 1 aliphatic rings. The summed E-state index contributed by atoms with van der Waals surface area (Å²) < 4.78 is 0. The van der Waals surface area contributed by atoms with Gasteiger partial charge in [-0.15, -0.1) is 6.42 Å². The summed E-state index contributed by atoms with van der Waals surface area (Å²) in [5.41, 5.74) is 5.63. The summed E-state index contributed by atoms with van der Waals surface area (Å²) in [6.45, 7) is 5.11. The lowest BCUT2D eigenvalue weighted by Crippen LogP contribution is -2.42. The zero-order valence-electron chi connectivity index (χ0n) is 7.79. The second-order valence-corrected chi connectivity index (χ2v) is 3.58. The van der Waals surface area contributed by atoms with Crippen molar-refractivity contribution in [2.45, 2.75) is 25.8 Å². The van der Waals surface area contributed by atoms with Crippen LogP contribution in [0.5, 0.6) is 0 Å². The lowest BCUT2D eigenvalue weighted by molar-refractivity contribution is 0.160. The summed E-state index contributed by atoms with van der Waals surface area (Å²) in [4.78, 5) is 2.35. The summed E-state index contributed by atoms with van der Waals surface area (Å²) in [5, 5.41) is 0. The molecule has 2 heteroatoms. The zero-order valence-corrected chi connectivity index (χ0v) is 7.79. The van der Waals surface area contributed by atoms with Gasteiger partial charge in [0.25, 0.3) is 0 Å². The van der Waals surface area contributed by atoms with Gasteiger partial charge in [-0.2, -0.15) is 0 Å². The third kappa shape index (κ3) is 2.23. The molecule has 2 atom stereocenters. The van der Waals surface area contributed by atoms with E-state index in [1.807, 2.05) is 0 Å². The first-order valence-electron chi connectivity index (χ1n) is 4.68. The monoisotopic (exact) mass is 166 g/mol. The van der Waals surface area contributed by atoms with Crippen LogP contribution in [0, 0.1) is 18.3 Å². The van der Waals surface area contributed by atoms with E-state index in [9.17, 15) is 0 Å². The minimum absolute atomic E-state index is 0.277. The number of terminal acetylenes is 1. The summed E-state index contributed by atoms with van der Waals surface area (Å²) in [6.07, 6.45) is 7.88. The normalized spacial score (nSPS) is 27.9. The first-order chi connectivity index (χ1) is 5.77. The van der Waals surface area contributed by atoms with Gasteiger partial charge in [0, 0.05) is 6.54 Å². The minimum Gasteiger partial charge on any atom is -0.330 e. The average molecular weight is 166 g/mol. The van der Waals surface area contributed by atoms with Crippen molar-refractivity contribution >= 4 is 0 Å². The van der Waals surface area contributed by atoms with Crippen LogP contribution in [0.2, 0.25) is 0 Å². The van der Waals surface area contributed by atoms with E-state index in [1.165, 1.54) is 12.8 Å². The van der Waals surface area contributed by atoms with Crippen molar-refractivity contribution in [3.05, 3.63) is 0 Å². The van der Waals surface area contributed by atoms with E-state index in [-0.39, 0.29) is 6.04 Å². The Hall–Kier alpha value is -0.520. The Balaban J connectivity index is 2.41. The number of rotatable bonds is 2. The highest BCUT2D eigenvalue weighted by molar-refractivity contribution is 4.98. The number of likely N-dealkylation sites (tertiary alicyclic amines) is 1. The summed E-state index contributed by atoms with van der Waals surface area (Å²) in [5.74, 6) is 3.43. The van der Waals surface area contributed by atoms with Crippen molar-refractivity contribution < 1.29 is 0 Å². The maximum absolute atomic E-state index is 5.63. The van der Waals surface area contributed by atoms with Crippen molar-refractivity contribution in [1.29, 1.82) is 0 Å². The van der Waals surface area contributed by atoms with Crippen molar-refractivity contribution in [3.63, 3.8) is 0 Å². The molecule has 0 aromatic heterocycles. The van der Waals surface area contributed by atoms with Crippen LogP contribution in [0.15, 0.2) is 0 Å². The maximum Gasteiger partial charge on any atom is 0.0683 e. The molecule has 12 heavy (non-hydrogen) atoms. The first-order valence-corrected chi connectivity index (χ1v) is 4.68. The fourth-order valence-corrected chi connectivity index (χ4v) is 1.75. The van der Waals surface area contributed by atoms with Crippen molar-refractivity contribution in [1.82, 2.24) is 4.90 Å². The number of hydrogen-bond acceptors (Lipinski definition) is 2. The molecule has 0 radical (unpaired) electrons. The highest BCUT2D eigenvalue weighted by Gasteiger charge is 2.21. The van der Waals surface area contributed by atoms with Gasteiger partial charge in [0.1, 0.15) is 0 Å².